The summed E-state index contributed by atoms with van der Waals surface area (Å²) in [4.78, 5) is 12.4. The summed E-state index contributed by atoms with van der Waals surface area (Å²) >= 11 is 7.13. The lowest BCUT2D eigenvalue weighted by atomic mass is 9.99. The Labute approximate surface area is 155 Å². The lowest BCUT2D eigenvalue weighted by molar-refractivity contribution is -0.120. The molecule has 1 fully saturated rings. The third kappa shape index (κ3) is 4.55. The number of aromatic nitrogens is 2. The molecule has 1 amide bonds. The van der Waals surface area contributed by atoms with E-state index in [4.69, 9.17) is 11.6 Å². The Balaban J connectivity index is 1.66. The second-order valence-electron chi connectivity index (χ2n) is 5.87. The van der Waals surface area contributed by atoms with Gasteiger partial charge in [-0.05, 0) is 25.0 Å². The molecule has 10 heteroatoms. The smallest absolute Gasteiger partial charge is 0.230 e. The van der Waals surface area contributed by atoms with Crippen LogP contribution in [0.15, 0.2) is 24.3 Å². The normalized spacial score (nSPS) is 18.9. The number of halogens is 1. The quantitative estimate of drug-likeness (QED) is 0.851. The number of carbonyl (C=O) groups is 1. The predicted molar refractivity (Wildman–Crippen MR) is 98.1 cm³/mol. The number of nitrogens with zero attached hydrogens (tertiary/aromatic N) is 3. The van der Waals surface area contributed by atoms with E-state index < -0.39 is 10.0 Å². The number of hydrogen-bond donors (Lipinski definition) is 1. The van der Waals surface area contributed by atoms with Gasteiger partial charge in [-0.1, -0.05) is 35.1 Å². The molecule has 1 N–H and O–H groups in total. The van der Waals surface area contributed by atoms with Crippen LogP contribution in [0, 0.1) is 5.92 Å². The summed E-state index contributed by atoms with van der Waals surface area (Å²) in [6.45, 7) is 0.662. The van der Waals surface area contributed by atoms with Crippen LogP contribution in [0.2, 0.25) is 5.02 Å². The van der Waals surface area contributed by atoms with E-state index in [0.717, 1.165) is 11.8 Å². The Hall–Kier alpha value is -1.55. The van der Waals surface area contributed by atoms with E-state index in [2.05, 4.69) is 15.5 Å². The molecule has 3 rings (SSSR count). The van der Waals surface area contributed by atoms with Gasteiger partial charge in [0.25, 0.3) is 0 Å². The molecular formula is C15H17ClN4O3S2. The second kappa shape index (κ2) is 7.36. The van der Waals surface area contributed by atoms with Crippen molar-refractivity contribution in [1.82, 2.24) is 14.5 Å². The van der Waals surface area contributed by atoms with Crippen LogP contribution < -0.4 is 5.32 Å². The maximum Gasteiger partial charge on any atom is 0.230 e. The van der Waals surface area contributed by atoms with Crippen molar-refractivity contribution in [2.24, 2.45) is 5.92 Å². The van der Waals surface area contributed by atoms with E-state index in [1.54, 1.807) is 12.1 Å². The first kappa shape index (κ1) is 18.2. The number of amides is 1. The molecule has 25 heavy (non-hydrogen) atoms. The molecule has 0 saturated carbocycles. The lowest BCUT2D eigenvalue weighted by Gasteiger charge is -2.29. The molecule has 1 atom stereocenters. The van der Waals surface area contributed by atoms with Crippen molar-refractivity contribution in [2.75, 3.05) is 24.7 Å². The van der Waals surface area contributed by atoms with Crippen LogP contribution in [-0.4, -0.2) is 48.2 Å². The monoisotopic (exact) mass is 400 g/mol. The van der Waals surface area contributed by atoms with E-state index in [9.17, 15) is 13.2 Å². The summed E-state index contributed by atoms with van der Waals surface area (Å²) in [5.41, 5.74) is 0.864. The number of nitrogens with one attached hydrogen (secondary N) is 1. The Morgan fingerprint density at radius 2 is 2.04 bits per heavy atom. The minimum Gasteiger partial charge on any atom is -0.300 e. The Morgan fingerprint density at radius 3 is 2.72 bits per heavy atom. The number of sulfonamides is 1. The van der Waals surface area contributed by atoms with Crippen LogP contribution in [0.5, 0.6) is 0 Å². The molecule has 1 aliphatic rings. The summed E-state index contributed by atoms with van der Waals surface area (Å²) in [5.74, 6) is -0.612. The molecule has 1 aromatic heterocycles. The van der Waals surface area contributed by atoms with Crippen molar-refractivity contribution in [2.45, 2.75) is 12.8 Å². The molecule has 1 aliphatic heterocycles. The minimum absolute atomic E-state index is 0.202. The Kier molecular flexibility index (Phi) is 5.38. The van der Waals surface area contributed by atoms with E-state index in [1.165, 1.54) is 15.6 Å². The van der Waals surface area contributed by atoms with Crippen LogP contribution in [0.25, 0.3) is 10.6 Å². The molecule has 2 aromatic rings. The van der Waals surface area contributed by atoms with Crippen LogP contribution in [0.3, 0.4) is 0 Å². The molecule has 134 valence electrons. The highest BCUT2D eigenvalue weighted by Gasteiger charge is 2.30. The van der Waals surface area contributed by atoms with Crippen molar-refractivity contribution in [3.63, 3.8) is 0 Å². The molecular weight excluding hydrogens is 384 g/mol. The third-order valence-electron chi connectivity index (χ3n) is 3.97. The highest BCUT2D eigenvalue weighted by Crippen LogP contribution is 2.28. The van der Waals surface area contributed by atoms with Gasteiger partial charge in [-0.2, -0.15) is 0 Å². The topological polar surface area (TPSA) is 92.3 Å². The number of hydrogen-bond acceptors (Lipinski definition) is 6. The predicted octanol–water partition coefficient (Wildman–Crippen LogP) is 2.47. The second-order valence-corrected chi connectivity index (χ2v) is 9.27. The molecule has 0 bridgehead atoms. The van der Waals surface area contributed by atoms with Gasteiger partial charge in [0.15, 0.2) is 0 Å². The fourth-order valence-electron chi connectivity index (χ4n) is 2.65. The highest BCUT2D eigenvalue weighted by molar-refractivity contribution is 7.88. The van der Waals surface area contributed by atoms with Crippen molar-refractivity contribution in [3.05, 3.63) is 29.3 Å². The van der Waals surface area contributed by atoms with Crippen LogP contribution in [-0.2, 0) is 14.8 Å². The average molecular weight is 401 g/mol. The maximum absolute atomic E-state index is 12.4. The van der Waals surface area contributed by atoms with Gasteiger partial charge in [-0.3, -0.25) is 4.79 Å². The molecule has 1 unspecified atom stereocenters. The van der Waals surface area contributed by atoms with Gasteiger partial charge in [-0.15, -0.1) is 10.2 Å². The van der Waals surface area contributed by atoms with Gasteiger partial charge in [-0.25, -0.2) is 12.7 Å². The van der Waals surface area contributed by atoms with E-state index >= 15 is 0 Å². The molecule has 1 saturated heterocycles. The van der Waals surface area contributed by atoms with Gasteiger partial charge in [0.1, 0.15) is 5.01 Å². The summed E-state index contributed by atoms with van der Waals surface area (Å²) in [7, 11) is -3.28. The van der Waals surface area contributed by atoms with E-state index in [0.29, 0.717) is 34.5 Å². The lowest BCUT2D eigenvalue weighted by Crippen LogP contribution is -2.43. The highest BCUT2D eigenvalue weighted by atomic mass is 35.5. The van der Waals surface area contributed by atoms with E-state index in [-0.39, 0.29) is 18.4 Å². The fraction of sp³-hybridized carbons (Fsp3) is 0.400. The molecule has 0 radical (unpaired) electrons. The summed E-state index contributed by atoms with van der Waals surface area (Å²) in [6.07, 6.45) is 2.48. The minimum atomic E-state index is -3.28. The van der Waals surface area contributed by atoms with Gasteiger partial charge in [0.2, 0.25) is 21.1 Å². The zero-order valence-corrected chi connectivity index (χ0v) is 15.9. The first-order chi connectivity index (χ1) is 11.8. The molecule has 0 aliphatic carbocycles. The zero-order chi connectivity index (χ0) is 18.0. The van der Waals surface area contributed by atoms with Crippen LogP contribution in [0.4, 0.5) is 5.13 Å². The largest absolute Gasteiger partial charge is 0.300 e. The molecule has 7 nitrogen and oxygen atoms in total. The summed E-state index contributed by atoms with van der Waals surface area (Å²) < 4.78 is 24.7. The fourth-order valence-corrected chi connectivity index (χ4v) is 4.44. The Morgan fingerprint density at radius 1 is 1.32 bits per heavy atom. The molecule has 2 heterocycles. The van der Waals surface area contributed by atoms with Crippen molar-refractivity contribution in [1.29, 1.82) is 0 Å². The van der Waals surface area contributed by atoms with Crippen LogP contribution in [0.1, 0.15) is 12.8 Å². The van der Waals surface area contributed by atoms with Crippen molar-refractivity contribution < 1.29 is 13.2 Å². The van der Waals surface area contributed by atoms with Crippen molar-refractivity contribution >= 4 is 44.0 Å². The number of piperidine rings is 1. The van der Waals surface area contributed by atoms with Gasteiger partial charge in [0.05, 0.1) is 12.2 Å². The number of rotatable bonds is 4. The SMILES string of the molecule is CS(=O)(=O)N1CCCC(C(=O)Nc2nnc(-c3ccc(Cl)cc3)s2)C1. The van der Waals surface area contributed by atoms with Gasteiger partial charge >= 0.3 is 0 Å². The number of benzene rings is 1. The first-order valence-electron chi connectivity index (χ1n) is 7.68. The number of anilines is 1. The third-order valence-corrected chi connectivity index (χ3v) is 6.38. The zero-order valence-electron chi connectivity index (χ0n) is 13.5. The standard InChI is InChI=1S/C15H17ClN4O3S2/c1-25(22,23)20-8-2-3-11(9-20)13(21)17-15-19-18-14(24-15)10-4-6-12(16)7-5-10/h4-7,11H,2-3,8-9H2,1H3,(H,17,19,21). The number of carbonyl (C=O) groups excluding carboxylic acids is 1. The average Bonchev–Trinajstić information content (AvgIpc) is 3.03. The Bertz CT molecular complexity index is 867. The molecule has 0 spiro atoms. The van der Waals surface area contributed by atoms with Gasteiger partial charge in [0, 0.05) is 23.7 Å². The summed E-state index contributed by atoms with van der Waals surface area (Å²) in [6, 6.07) is 7.19. The van der Waals surface area contributed by atoms with E-state index in [1.807, 2.05) is 12.1 Å². The maximum atomic E-state index is 12.4. The molecule has 1 aromatic carbocycles. The first-order valence-corrected chi connectivity index (χ1v) is 10.7. The van der Waals surface area contributed by atoms with Gasteiger partial charge < -0.3 is 5.32 Å². The summed E-state index contributed by atoms with van der Waals surface area (Å²) in [5, 5.41) is 12.5. The van der Waals surface area contributed by atoms with Crippen molar-refractivity contribution in [3.8, 4) is 10.6 Å². The van der Waals surface area contributed by atoms with Crippen LogP contribution >= 0.6 is 22.9 Å².